The summed E-state index contributed by atoms with van der Waals surface area (Å²) < 4.78 is 38.6. The van der Waals surface area contributed by atoms with Gasteiger partial charge in [-0.25, -0.2) is 0 Å². The zero-order valence-corrected chi connectivity index (χ0v) is 14.5. The first-order chi connectivity index (χ1) is 12.4. The molecule has 7 heteroatoms. The molecule has 26 heavy (non-hydrogen) atoms. The largest absolute Gasteiger partial charge is 0.416 e. The van der Waals surface area contributed by atoms with E-state index in [1.807, 2.05) is 0 Å². The molecule has 0 radical (unpaired) electrons. The van der Waals surface area contributed by atoms with Crippen molar-refractivity contribution in [3.8, 4) is 0 Å². The number of fused-ring (bicyclic) bond motifs is 1. The molecule has 0 saturated carbocycles. The Bertz CT molecular complexity index is 837. The summed E-state index contributed by atoms with van der Waals surface area (Å²) in [7, 11) is 0. The molecule has 4 rings (SSSR count). The van der Waals surface area contributed by atoms with Crippen LogP contribution in [-0.4, -0.2) is 23.4 Å². The fourth-order valence-corrected chi connectivity index (χ4v) is 4.04. The van der Waals surface area contributed by atoms with Gasteiger partial charge in [-0.05, 0) is 48.7 Å². The maximum absolute atomic E-state index is 13.0. The molecule has 2 atom stereocenters. The van der Waals surface area contributed by atoms with Gasteiger partial charge in [-0.3, -0.25) is 14.6 Å². The third kappa shape index (κ3) is 2.87. The van der Waals surface area contributed by atoms with Crippen LogP contribution in [0.1, 0.15) is 30.1 Å². The van der Waals surface area contributed by atoms with Crippen LogP contribution in [0, 0.1) is 0 Å². The normalized spacial score (nSPS) is 23.5. The highest BCUT2D eigenvalue weighted by Crippen LogP contribution is 2.43. The molecule has 136 valence electrons. The summed E-state index contributed by atoms with van der Waals surface area (Å²) in [4.78, 5) is 16.7. The second kappa shape index (κ2) is 6.28. The molecule has 0 aliphatic carbocycles. The van der Waals surface area contributed by atoms with Crippen LogP contribution >= 0.6 is 11.6 Å². The highest BCUT2D eigenvalue weighted by Gasteiger charge is 2.49. The Morgan fingerprint density at radius 1 is 1.08 bits per heavy atom. The molecule has 2 aliphatic heterocycles. The number of anilines is 1. The highest BCUT2D eigenvalue weighted by atomic mass is 35.5. The summed E-state index contributed by atoms with van der Waals surface area (Å²) >= 11 is 6.08. The summed E-state index contributed by atoms with van der Waals surface area (Å²) in [5.41, 5.74) is 0.621. The minimum absolute atomic E-state index is 0.0327. The van der Waals surface area contributed by atoms with E-state index in [4.69, 9.17) is 11.6 Å². The molecule has 2 aromatic carbocycles. The van der Waals surface area contributed by atoms with E-state index in [1.54, 1.807) is 29.2 Å². The zero-order chi connectivity index (χ0) is 18.5. The van der Waals surface area contributed by atoms with Crippen molar-refractivity contribution in [1.29, 1.82) is 0 Å². The number of benzene rings is 2. The second-order valence-electron chi connectivity index (χ2n) is 6.58. The monoisotopic (exact) mass is 380 g/mol. The van der Waals surface area contributed by atoms with Crippen LogP contribution in [0.15, 0.2) is 48.5 Å². The van der Waals surface area contributed by atoms with Crippen LogP contribution < -0.4 is 4.90 Å². The fraction of sp³-hybridized carbons (Fsp3) is 0.316. The van der Waals surface area contributed by atoms with E-state index in [1.165, 1.54) is 12.1 Å². The zero-order valence-electron chi connectivity index (χ0n) is 13.7. The molecule has 0 aromatic heterocycles. The van der Waals surface area contributed by atoms with E-state index >= 15 is 0 Å². The number of nitrogens with zero attached hydrogens (tertiary/aromatic N) is 2. The van der Waals surface area contributed by atoms with Crippen molar-refractivity contribution in [2.24, 2.45) is 0 Å². The number of alkyl halides is 3. The lowest BCUT2D eigenvalue weighted by Gasteiger charge is -2.30. The Hall–Kier alpha value is -2.05. The van der Waals surface area contributed by atoms with Crippen LogP contribution in [0.5, 0.6) is 0 Å². The van der Waals surface area contributed by atoms with E-state index in [2.05, 4.69) is 4.90 Å². The van der Waals surface area contributed by atoms with Crippen molar-refractivity contribution in [3.63, 3.8) is 0 Å². The predicted molar refractivity (Wildman–Crippen MR) is 92.9 cm³/mol. The van der Waals surface area contributed by atoms with Crippen molar-refractivity contribution in [2.75, 3.05) is 11.4 Å². The van der Waals surface area contributed by atoms with Crippen LogP contribution in [0.4, 0.5) is 18.9 Å². The van der Waals surface area contributed by atoms with E-state index < -0.39 is 17.9 Å². The Labute approximate surface area is 154 Å². The summed E-state index contributed by atoms with van der Waals surface area (Å²) in [5, 5.41) is 0.508. The summed E-state index contributed by atoms with van der Waals surface area (Å²) in [6.07, 6.45) is -3.15. The minimum Gasteiger partial charge on any atom is -0.290 e. The van der Waals surface area contributed by atoms with Crippen molar-refractivity contribution in [1.82, 2.24) is 4.90 Å². The Kier molecular flexibility index (Phi) is 4.20. The topological polar surface area (TPSA) is 23.6 Å². The molecule has 0 N–H and O–H groups in total. The van der Waals surface area contributed by atoms with E-state index in [-0.39, 0.29) is 11.9 Å². The molecule has 2 saturated heterocycles. The first-order valence-corrected chi connectivity index (χ1v) is 8.75. The molecule has 1 amide bonds. The van der Waals surface area contributed by atoms with Crippen molar-refractivity contribution in [3.05, 3.63) is 64.7 Å². The average Bonchev–Trinajstić information content (AvgIpc) is 3.16. The van der Waals surface area contributed by atoms with Gasteiger partial charge in [-0.15, -0.1) is 0 Å². The molecular weight excluding hydrogens is 365 g/mol. The van der Waals surface area contributed by atoms with Crippen molar-refractivity contribution in [2.45, 2.75) is 31.2 Å². The quantitative estimate of drug-likeness (QED) is 0.742. The van der Waals surface area contributed by atoms with E-state index in [0.29, 0.717) is 16.3 Å². The second-order valence-corrected chi connectivity index (χ2v) is 7.01. The average molecular weight is 381 g/mol. The van der Waals surface area contributed by atoms with Gasteiger partial charge in [-0.2, -0.15) is 13.2 Å². The molecule has 0 spiro atoms. The molecule has 0 bridgehead atoms. The number of hydrogen-bond acceptors (Lipinski definition) is 2. The van der Waals surface area contributed by atoms with E-state index in [0.717, 1.165) is 31.5 Å². The number of rotatable bonds is 2. The predicted octanol–water partition coefficient (Wildman–Crippen LogP) is 4.87. The van der Waals surface area contributed by atoms with Gasteiger partial charge in [0, 0.05) is 17.3 Å². The number of carbonyl (C=O) groups is 1. The fourth-order valence-electron chi connectivity index (χ4n) is 3.86. The molecule has 2 aliphatic rings. The number of carbonyl (C=O) groups excluding carboxylic acids is 1. The SMILES string of the molecule is O=C1[C@@H]2CCCN2[C@@H](c2ccc(C(F)(F)F)cc2)N1c1cccc(Cl)c1. The molecule has 0 unspecified atom stereocenters. The van der Waals surface area contributed by atoms with Gasteiger partial charge in [0.15, 0.2) is 0 Å². The van der Waals surface area contributed by atoms with Crippen LogP contribution in [0.25, 0.3) is 0 Å². The van der Waals surface area contributed by atoms with Gasteiger partial charge in [0.2, 0.25) is 5.91 Å². The van der Waals surface area contributed by atoms with E-state index in [9.17, 15) is 18.0 Å². The number of halogens is 4. The van der Waals surface area contributed by atoms with Gasteiger partial charge < -0.3 is 0 Å². The van der Waals surface area contributed by atoms with Gasteiger partial charge in [0.25, 0.3) is 0 Å². The van der Waals surface area contributed by atoms with Gasteiger partial charge >= 0.3 is 6.18 Å². The Morgan fingerprint density at radius 3 is 2.46 bits per heavy atom. The van der Waals surface area contributed by atoms with Crippen molar-refractivity contribution >= 4 is 23.2 Å². The minimum atomic E-state index is -4.38. The van der Waals surface area contributed by atoms with Gasteiger partial charge in [0.1, 0.15) is 6.17 Å². The number of amides is 1. The van der Waals surface area contributed by atoms with Crippen molar-refractivity contribution < 1.29 is 18.0 Å². The Morgan fingerprint density at radius 2 is 1.81 bits per heavy atom. The first kappa shape index (κ1) is 17.4. The lowest BCUT2D eigenvalue weighted by Crippen LogP contribution is -2.32. The number of hydrogen-bond donors (Lipinski definition) is 0. The van der Waals surface area contributed by atoms with Gasteiger partial charge in [-0.1, -0.05) is 29.8 Å². The maximum Gasteiger partial charge on any atom is 0.416 e. The Balaban J connectivity index is 1.76. The lowest BCUT2D eigenvalue weighted by atomic mass is 10.1. The summed E-state index contributed by atoms with van der Waals surface area (Å²) in [6.45, 7) is 0.735. The third-order valence-corrected chi connectivity index (χ3v) is 5.23. The molecule has 2 aromatic rings. The molecular formula is C19H16ClF3N2O. The lowest BCUT2D eigenvalue weighted by molar-refractivity contribution is -0.137. The van der Waals surface area contributed by atoms with Crippen LogP contribution in [0.3, 0.4) is 0 Å². The summed E-state index contributed by atoms with van der Waals surface area (Å²) in [6, 6.07) is 11.8. The summed E-state index contributed by atoms with van der Waals surface area (Å²) in [5.74, 6) is -0.0327. The molecule has 3 nitrogen and oxygen atoms in total. The smallest absolute Gasteiger partial charge is 0.290 e. The molecule has 2 fully saturated rings. The van der Waals surface area contributed by atoms with Crippen LogP contribution in [-0.2, 0) is 11.0 Å². The highest BCUT2D eigenvalue weighted by molar-refractivity contribution is 6.31. The molecule has 2 heterocycles. The maximum atomic E-state index is 13.0. The first-order valence-electron chi connectivity index (χ1n) is 8.38. The standard InChI is InChI=1S/C19H16ClF3N2O/c20-14-3-1-4-15(11-14)25-17(24-10-2-5-16(24)18(25)26)12-6-8-13(9-7-12)19(21,22)23/h1,3-4,6-9,11,16-17H,2,5,10H2/t16-,17+/m0/s1. The third-order valence-electron chi connectivity index (χ3n) is 5.00. The van der Waals surface area contributed by atoms with Crippen LogP contribution in [0.2, 0.25) is 5.02 Å². The van der Waals surface area contributed by atoms with Gasteiger partial charge in [0.05, 0.1) is 11.6 Å².